The molecule has 0 bridgehead atoms. The van der Waals surface area contributed by atoms with Crippen LogP contribution in [0.3, 0.4) is 0 Å². The second-order valence-corrected chi connectivity index (χ2v) is 8.50. The predicted molar refractivity (Wildman–Crippen MR) is 107 cm³/mol. The molecule has 1 aliphatic rings. The van der Waals surface area contributed by atoms with Crippen LogP contribution in [0.5, 0.6) is 5.75 Å². The molecule has 1 aliphatic heterocycles. The lowest BCUT2D eigenvalue weighted by molar-refractivity contribution is 0.102. The van der Waals surface area contributed by atoms with E-state index in [1.54, 1.807) is 36.4 Å². The van der Waals surface area contributed by atoms with Crippen molar-refractivity contribution in [3.05, 3.63) is 53.6 Å². The van der Waals surface area contributed by atoms with Gasteiger partial charge in [0.1, 0.15) is 5.75 Å². The van der Waals surface area contributed by atoms with Crippen LogP contribution >= 0.6 is 0 Å². The molecular weight excluding hydrogens is 364 g/mol. The number of para-hydroxylation sites is 1. The summed E-state index contributed by atoms with van der Waals surface area (Å²) in [6, 6.07) is 12.4. The number of carbonyl (C=O) groups excluding carboxylic acids is 1. The fraction of sp³-hybridized carbons (Fsp3) is 0.350. The molecule has 3 rings (SSSR count). The number of carbonyl (C=O) groups is 1. The third kappa shape index (κ3) is 4.08. The lowest BCUT2D eigenvalue weighted by Crippen LogP contribution is -2.31. The van der Waals surface area contributed by atoms with Crippen molar-refractivity contribution in [2.45, 2.75) is 26.2 Å². The molecule has 0 fully saturated rings. The fourth-order valence-corrected chi connectivity index (χ4v) is 4.90. The van der Waals surface area contributed by atoms with Crippen molar-refractivity contribution in [2.24, 2.45) is 0 Å². The summed E-state index contributed by atoms with van der Waals surface area (Å²) in [5.74, 6) is 0.325. The molecule has 6 nitrogen and oxygen atoms in total. The molecule has 2 aromatic rings. The highest BCUT2D eigenvalue weighted by Gasteiger charge is 2.29. The number of amides is 1. The Morgan fingerprint density at radius 1 is 1.22 bits per heavy atom. The van der Waals surface area contributed by atoms with Gasteiger partial charge in [0.05, 0.1) is 24.1 Å². The highest BCUT2D eigenvalue weighted by atomic mass is 32.2. The number of unbranched alkanes of at least 4 members (excludes halogenated alkanes) is 1. The van der Waals surface area contributed by atoms with Crippen LogP contribution in [0, 0.1) is 0 Å². The Morgan fingerprint density at radius 2 is 2.00 bits per heavy atom. The molecule has 2 aromatic carbocycles. The molecule has 0 aliphatic carbocycles. The van der Waals surface area contributed by atoms with Crippen LogP contribution in [-0.4, -0.2) is 33.7 Å². The first-order valence-electron chi connectivity index (χ1n) is 9.04. The lowest BCUT2D eigenvalue weighted by atomic mass is 10.1. The van der Waals surface area contributed by atoms with Crippen LogP contribution in [0.2, 0.25) is 0 Å². The Kier molecular flexibility index (Phi) is 5.70. The van der Waals surface area contributed by atoms with Crippen molar-refractivity contribution in [2.75, 3.05) is 29.0 Å². The normalized spacial score (nSPS) is 13.3. The van der Waals surface area contributed by atoms with Gasteiger partial charge in [0.15, 0.2) is 0 Å². The van der Waals surface area contributed by atoms with Gasteiger partial charge in [-0.05, 0) is 42.7 Å². The van der Waals surface area contributed by atoms with Gasteiger partial charge in [-0.3, -0.25) is 9.10 Å². The number of hydrogen-bond acceptors (Lipinski definition) is 4. The molecule has 0 aromatic heterocycles. The lowest BCUT2D eigenvalue weighted by Gasteiger charge is -2.20. The second-order valence-electron chi connectivity index (χ2n) is 6.49. The van der Waals surface area contributed by atoms with E-state index in [-0.39, 0.29) is 11.7 Å². The Labute approximate surface area is 160 Å². The number of hydrogen-bond donors (Lipinski definition) is 1. The number of fused-ring (bicyclic) bond motifs is 1. The molecule has 1 amide bonds. The average molecular weight is 388 g/mol. The summed E-state index contributed by atoms with van der Waals surface area (Å²) >= 11 is 0. The molecule has 0 radical (unpaired) electrons. The van der Waals surface area contributed by atoms with Crippen LogP contribution in [0.1, 0.15) is 35.7 Å². The van der Waals surface area contributed by atoms with E-state index in [0.29, 0.717) is 42.1 Å². The third-order valence-corrected chi connectivity index (χ3v) is 6.49. The number of nitrogens with one attached hydrogen (secondary N) is 1. The molecular formula is C20H24N2O4S. The molecule has 1 N–H and O–H groups in total. The van der Waals surface area contributed by atoms with Crippen molar-refractivity contribution in [1.82, 2.24) is 0 Å². The van der Waals surface area contributed by atoms with Gasteiger partial charge in [-0.2, -0.15) is 0 Å². The number of benzene rings is 2. The number of ether oxygens (including phenoxy) is 1. The zero-order valence-corrected chi connectivity index (χ0v) is 16.4. The maximum Gasteiger partial charge on any atom is 0.259 e. The van der Waals surface area contributed by atoms with Crippen molar-refractivity contribution in [1.29, 1.82) is 0 Å². The van der Waals surface area contributed by atoms with Crippen LogP contribution in [0.15, 0.2) is 42.5 Å². The maximum atomic E-state index is 12.6. The minimum Gasteiger partial charge on any atom is -0.496 e. The number of nitrogens with zero attached hydrogens (tertiary/aromatic N) is 1. The van der Waals surface area contributed by atoms with Gasteiger partial charge in [0.25, 0.3) is 5.91 Å². The maximum absolute atomic E-state index is 12.6. The molecule has 7 heteroatoms. The number of rotatable bonds is 7. The highest BCUT2D eigenvalue weighted by molar-refractivity contribution is 7.92. The van der Waals surface area contributed by atoms with Crippen molar-refractivity contribution >= 4 is 27.3 Å². The van der Waals surface area contributed by atoms with Gasteiger partial charge in [-0.15, -0.1) is 0 Å². The van der Waals surface area contributed by atoms with Gasteiger partial charge in [0, 0.05) is 12.2 Å². The van der Waals surface area contributed by atoms with Crippen LogP contribution in [0.25, 0.3) is 0 Å². The summed E-state index contributed by atoms with van der Waals surface area (Å²) in [6.07, 6.45) is 2.15. The molecule has 0 saturated carbocycles. The number of anilines is 2. The monoisotopic (exact) mass is 388 g/mol. The Hall–Kier alpha value is -2.54. The second kappa shape index (κ2) is 8.00. The van der Waals surface area contributed by atoms with E-state index < -0.39 is 10.0 Å². The fourth-order valence-electron chi connectivity index (χ4n) is 3.18. The first kappa shape index (κ1) is 19.2. The largest absolute Gasteiger partial charge is 0.496 e. The molecule has 0 atom stereocenters. The van der Waals surface area contributed by atoms with Crippen molar-refractivity contribution in [3.8, 4) is 5.75 Å². The third-order valence-electron chi connectivity index (χ3n) is 4.64. The summed E-state index contributed by atoms with van der Waals surface area (Å²) in [7, 11) is -1.83. The summed E-state index contributed by atoms with van der Waals surface area (Å²) in [5, 5.41) is 2.84. The Balaban J connectivity index is 1.84. The van der Waals surface area contributed by atoms with E-state index in [9.17, 15) is 13.2 Å². The molecule has 0 spiro atoms. The zero-order chi connectivity index (χ0) is 19.4. The van der Waals surface area contributed by atoms with Crippen LogP contribution in [0.4, 0.5) is 11.4 Å². The minimum atomic E-state index is -3.34. The summed E-state index contributed by atoms with van der Waals surface area (Å²) < 4.78 is 31.9. The van der Waals surface area contributed by atoms with Gasteiger partial charge in [0.2, 0.25) is 10.0 Å². The SMILES string of the molecule is CCCCS(=O)(=O)N1CCc2ccc(NC(=O)c3ccccc3OC)cc21. The average Bonchev–Trinajstić information content (AvgIpc) is 3.10. The van der Waals surface area contributed by atoms with E-state index >= 15 is 0 Å². The first-order valence-corrected chi connectivity index (χ1v) is 10.6. The standard InChI is InChI=1S/C20H24N2O4S/c1-3-4-13-27(24,25)22-12-11-15-9-10-16(14-18(15)22)21-20(23)17-7-5-6-8-19(17)26-2/h5-10,14H,3-4,11-13H2,1-2H3,(H,21,23). The van der Waals surface area contributed by atoms with E-state index in [4.69, 9.17) is 4.74 Å². The van der Waals surface area contributed by atoms with E-state index in [1.807, 2.05) is 13.0 Å². The van der Waals surface area contributed by atoms with Crippen LogP contribution < -0.4 is 14.4 Å². The van der Waals surface area contributed by atoms with E-state index in [0.717, 1.165) is 12.0 Å². The quantitative estimate of drug-likeness (QED) is 0.788. The minimum absolute atomic E-state index is 0.140. The Bertz CT molecular complexity index is 941. The molecule has 27 heavy (non-hydrogen) atoms. The Morgan fingerprint density at radius 3 is 2.74 bits per heavy atom. The summed E-state index contributed by atoms with van der Waals surface area (Å²) in [5.41, 5.74) is 2.62. The number of sulfonamides is 1. The smallest absolute Gasteiger partial charge is 0.259 e. The molecule has 0 unspecified atom stereocenters. The highest BCUT2D eigenvalue weighted by Crippen LogP contribution is 2.33. The predicted octanol–water partition coefficient (Wildman–Crippen LogP) is 3.44. The van der Waals surface area contributed by atoms with Gasteiger partial charge < -0.3 is 10.1 Å². The van der Waals surface area contributed by atoms with E-state index in [2.05, 4.69) is 5.32 Å². The van der Waals surface area contributed by atoms with Crippen molar-refractivity contribution < 1.29 is 17.9 Å². The molecule has 0 saturated heterocycles. The summed E-state index contributed by atoms with van der Waals surface area (Å²) in [4.78, 5) is 12.6. The van der Waals surface area contributed by atoms with Gasteiger partial charge in [-0.1, -0.05) is 31.5 Å². The van der Waals surface area contributed by atoms with Crippen LogP contribution in [-0.2, 0) is 16.4 Å². The number of methoxy groups -OCH3 is 1. The first-order chi connectivity index (χ1) is 13.0. The molecule has 144 valence electrons. The van der Waals surface area contributed by atoms with Gasteiger partial charge in [-0.25, -0.2) is 8.42 Å². The van der Waals surface area contributed by atoms with E-state index in [1.165, 1.54) is 11.4 Å². The zero-order valence-electron chi connectivity index (χ0n) is 15.6. The molecule has 1 heterocycles. The topological polar surface area (TPSA) is 75.7 Å². The van der Waals surface area contributed by atoms with Gasteiger partial charge >= 0.3 is 0 Å². The van der Waals surface area contributed by atoms with Crippen molar-refractivity contribution in [3.63, 3.8) is 0 Å². The summed E-state index contributed by atoms with van der Waals surface area (Å²) in [6.45, 7) is 2.42.